The van der Waals surface area contributed by atoms with Gasteiger partial charge >= 0.3 is 5.97 Å². The van der Waals surface area contributed by atoms with Gasteiger partial charge in [-0.05, 0) is 63.4 Å². The van der Waals surface area contributed by atoms with Crippen LogP contribution in [-0.2, 0) is 9.63 Å². The summed E-state index contributed by atoms with van der Waals surface area (Å²) in [6.07, 6.45) is 0.795. The van der Waals surface area contributed by atoms with Gasteiger partial charge in [0.05, 0.1) is 11.4 Å². The average Bonchev–Trinajstić information content (AvgIpc) is 3.43. The van der Waals surface area contributed by atoms with E-state index in [-0.39, 0.29) is 74.1 Å². The second-order valence-corrected chi connectivity index (χ2v) is 13.2. The molecule has 0 saturated carbocycles. The Balaban J connectivity index is 0.00000506. The van der Waals surface area contributed by atoms with E-state index in [4.69, 9.17) is 25.0 Å². The van der Waals surface area contributed by atoms with Gasteiger partial charge in [0.1, 0.15) is 17.9 Å². The Hall–Kier alpha value is -2.10. The standard InChI is InChI=1S/C31H46N8O3.Ra/c1-18-13-24-22(19(2)16-31(8,9)38(24)12-11-32-10)15-23(18)34-26-27(30(5,6)7)36-39-29(26)35-28(37-39)20(3)17-33-42-21(4)14-25(40)41;/h13,15,19-20,32-33H,4,11-12,14,16-17H2,1-3,5-10H3,(H,40,41);. The molecule has 0 amide bonds. The quantitative estimate of drug-likeness (QED) is 0.217. The van der Waals surface area contributed by atoms with Crippen molar-refractivity contribution in [2.75, 3.05) is 31.6 Å². The van der Waals surface area contributed by atoms with Crippen molar-refractivity contribution < 1.29 is 59.7 Å². The van der Waals surface area contributed by atoms with Crippen LogP contribution in [0.25, 0.3) is 0 Å². The first-order chi connectivity index (χ1) is 19.6. The van der Waals surface area contributed by atoms with E-state index in [1.54, 1.807) is 4.79 Å². The van der Waals surface area contributed by atoms with Crippen molar-refractivity contribution in [1.82, 2.24) is 25.7 Å². The first-order valence-corrected chi connectivity index (χ1v) is 14.6. The minimum absolute atomic E-state index is 0. The maximum absolute atomic E-state index is 10.8. The first-order valence-electron chi connectivity index (χ1n) is 14.6. The molecule has 12 heteroatoms. The maximum atomic E-state index is 10.8. The Kier molecular flexibility index (Phi) is 11.4. The number of carboxylic acids is 1. The van der Waals surface area contributed by atoms with E-state index in [0.717, 1.165) is 42.2 Å². The molecule has 1 aromatic heterocycles. The van der Waals surface area contributed by atoms with E-state index >= 15 is 0 Å². The van der Waals surface area contributed by atoms with Crippen LogP contribution in [-0.4, -0.2) is 69.6 Å². The van der Waals surface area contributed by atoms with E-state index in [9.17, 15) is 4.79 Å². The molecule has 230 valence electrons. The van der Waals surface area contributed by atoms with Crippen LogP contribution in [0.1, 0.15) is 95.9 Å². The molecule has 2 unspecified atom stereocenters. The van der Waals surface area contributed by atoms with Gasteiger partial charge in [0.25, 0.3) is 0 Å². The fourth-order valence-electron chi connectivity index (χ4n) is 5.68. The van der Waals surface area contributed by atoms with Crippen molar-refractivity contribution in [2.24, 2.45) is 15.5 Å². The monoisotopic (exact) mass is 804 g/mol. The van der Waals surface area contributed by atoms with Gasteiger partial charge in [-0.1, -0.05) is 41.2 Å². The molecule has 2 atom stereocenters. The zero-order chi connectivity index (χ0) is 31.0. The van der Waals surface area contributed by atoms with Crippen LogP contribution in [0.4, 0.5) is 11.4 Å². The summed E-state index contributed by atoms with van der Waals surface area (Å²) in [6, 6.07) is 4.53. The number of carbonyl (C=O) groups is 1. The third kappa shape index (κ3) is 7.95. The molecule has 3 N–H and O–H groups in total. The van der Waals surface area contributed by atoms with Crippen molar-refractivity contribution in [3.8, 4) is 0 Å². The molecule has 4 rings (SSSR count). The molecule has 2 radical (unpaired) electrons. The largest absolute Gasteiger partial charge is 0.481 e. The van der Waals surface area contributed by atoms with Crippen molar-refractivity contribution >= 4 is 28.8 Å². The van der Waals surface area contributed by atoms with Gasteiger partial charge in [0.2, 0.25) is 5.82 Å². The number of aliphatic imine (C=N–C) groups is 1. The van der Waals surface area contributed by atoms with E-state index in [2.05, 4.69) is 88.0 Å². The summed E-state index contributed by atoms with van der Waals surface area (Å²) in [5, 5.41) is 21.7. The SMILES string of the molecule is C=C(CC(=O)O)ONCC(C)c1nc2n(n1)N=C(C(C)(C)C)C2=Nc1cc2c(cc1C)N(CCNC)C(C)(C)CC2C.[Ra]. The van der Waals surface area contributed by atoms with Crippen LogP contribution in [0.5, 0.6) is 0 Å². The van der Waals surface area contributed by atoms with Gasteiger partial charge in [0, 0.05) is 87.2 Å². The number of hydrogen-bond acceptors (Lipinski definition) is 9. The molecule has 0 spiro atoms. The molecule has 0 aliphatic carbocycles. The molecule has 0 bridgehead atoms. The molecular formula is C31H46N8O3Ra. The molecule has 3 heterocycles. The Morgan fingerprint density at radius 2 is 2.02 bits per heavy atom. The van der Waals surface area contributed by atoms with E-state index in [1.165, 1.54) is 11.3 Å². The van der Waals surface area contributed by atoms with Crippen LogP contribution in [0, 0.1) is 57.3 Å². The number of aryl methyl sites for hydroxylation is 1. The molecule has 43 heavy (non-hydrogen) atoms. The summed E-state index contributed by atoms with van der Waals surface area (Å²) in [4.78, 5) is 30.3. The number of nitrogens with zero attached hydrogens (tertiary/aromatic N) is 6. The molecule has 2 aliphatic rings. The minimum atomic E-state index is -1.00. The maximum Gasteiger partial charge on any atom is 0.311 e. The molecule has 0 fully saturated rings. The van der Waals surface area contributed by atoms with Gasteiger partial charge in [-0.15, -0.1) is 9.89 Å². The average molecular weight is 805 g/mol. The summed E-state index contributed by atoms with van der Waals surface area (Å²) >= 11 is 0. The topological polar surface area (TPSA) is 129 Å². The number of aliphatic carboxylic acids is 1. The fourth-order valence-corrected chi connectivity index (χ4v) is 5.68. The minimum Gasteiger partial charge on any atom is -0.481 e. The molecule has 11 nitrogen and oxygen atoms in total. The summed E-state index contributed by atoms with van der Waals surface area (Å²) in [6.45, 7) is 23.2. The fraction of sp³-hybridized carbons (Fsp3) is 0.581. The van der Waals surface area contributed by atoms with E-state index in [1.807, 2.05) is 14.0 Å². The Labute approximate surface area is 292 Å². The molecule has 1 aromatic carbocycles. The molecule has 2 aromatic rings. The van der Waals surface area contributed by atoms with Crippen LogP contribution < -0.4 is 15.7 Å². The first kappa shape index (κ1) is 35.4. The Morgan fingerprint density at radius 3 is 2.65 bits per heavy atom. The number of hydrogen-bond donors (Lipinski definition) is 3. The van der Waals surface area contributed by atoms with E-state index in [0.29, 0.717) is 24.1 Å². The second kappa shape index (κ2) is 13.9. The summed E-state index contributed by atoms with van der Waals surface area (Å²) in [7, 11) is 2.00. The third-order valence-electron chi connectivity index (χ3n) is 7.86. The van der Waals surface area contributed by atoms with E-state index < -0.39 is 5.97 Å². The predicted molar refractivity (Wildman–Crippen MR) is 167 cm³/mol. The number of hydroxylamine groups is 1. The van der Waals surface area contributed by atoms with Crippen LogP contribution in [0.2, 0.25) is 0 Å². The third-order valence-corrected chi connectivity index (χ3v) is 7.86. The van der Waals surface area contributed by atoms with Gasteiger partial charge in [0.15, 0.2) is 5.82 Å². The number of anilines is 1. The Morgan fingerprint density at radius 1 is 1.33 bits per heavy atom. The summed E-state index contributed by atoms with van der Waals surface area (Å²) < 4.78 is 0. The Bertz CT molecular complexity index is 1420. The predicted octanol–water partition coefficient (Wildman–Crippen LogP) is 4.90. The molecular weight excluding hydrogens is 758 g/mol. The van der Waals surface area contributed by atoms with Crippen molar-refractivity contribution in [3.63, 3.8) is 0 Å². The second-order valence-electron chi connectivity index (χ2n) is 13.2. The number of carboxylic acid groups (broad SMARTS) is 1. The normalized spacial score (nSPS) is 18.9. The van der Waals surface area contributed by atoms with Gasteiger partial charge in [-0.3, -0.25) is 4.79 Å². The van der Waals surface area contributed by atoms with Crippen LogP contribution >= 0.6 is 0 Å². The molecule has 2 aliphatic heterocycles. The number of aromatic nitrogens is 3. The number of likely N-dealkylation sites (N-methyl/N-ethyl adjacent to an activating group) is 1. The van der Waals surface area contributed by atoms with Gasteiger partial charge in [-0.25, -0.2) is 9.98 Å². The zero-order valence-electron chi connectivity index (χ0n) is 27.2. The molecule has 0 saturated heterocycles. The van der Waals surface area contributed by atoms with Crippen LogP contribution in [0.3, 0.4) is 0 Å². The van der Waals surface area contributed by atoms with Gasteiger partial charge < -0.3 is 20.2 Å². The van der Waals surface area contributed by atoms with Gasteiger partial charge in [-0.2, -0.15) is 10.6 Å². The summed E-state index contributed by atoms with van der Waals surface area (Å²) in [5.41, 5.74) is 8.75. The smallest absolute Gasteiger partial charge is 0.311 e. The number of benzene rings is 1. The number of fused-ring (bicyclic) bond motifs is 2. The van der Waals surface area contributed by atoms with Crippen LogP contribution in [0.15, 0.2) is 34.6 Å². The summed E-state index contributed by atoms with van der Waals surface area (Å²) in [5.74, 6) is 0.602. The number of rotatable bonds is 11. The number of nitrogens with one attached hydrogen (secondary N) is 2. The van der Waals surface area contributed by atoms with Crippen molar-refractivity contribution in [2.45, 2.75) is 85.6 Å². The zero-order valence-corrected chi connectivity index (χ0v) is 33.0. The van der Waals surface area contributed by atoms with Crippen molar-refractivity contribution in [3.05, 3.63) is 47.2 Å². The van der Waals surface area contributed by atoms with Crippen molar-refractivity contribution in [1.29, 1.82) is 0 Å².